The van der Waals surface area contributed by atoms with E-state index in [2.05, 4.69) is 24.1 Å². The minimum Gasteiger partial charge on any atom is -0.381 e. The van der Waals surface area contributed by atoms with Gasteiger partial charge in [-0.15, -0.1) is 0 Å². The summed E-state index contributed by atoms with van der Waals surface area (Å²) >= 11 is 5.75. The van der Waals surface area contributed by atoms with Gasteiger partial charge in [-0.1, -0.05) is 31.9 Å². The van der Waals surface area contributed by atoms with E-state index in [0.717, 1.165) is 5.69 Å². The van der Waals surface area contributed by atoms with Crippen molar-refractivity contribution in [2.75, 3.05) is 5.32 Å². The third-order valence-corrected chi connectivity index (χ3v) is 3.55. The fourth-order valence-corrected chi connectivity index (χ4v) is 2.37. The molecule has 0 bridgehead atoms. The van der Waals surface area contributed by atoms with Gasteiger partial charge in [0.15, 0.2) is 0 Å². The molecule has 0 aliphatic heterocycles. The molecule has 1 aromatic heterocycles. The second kappa shape index (κ2) is 4.01. The Hall–Kier alpha value is -0.760. The molecule has 1 aliphatic rings. The third-order valence-electron chi connectivity index (χ3n) is 3.33. The molecule has 0 amide bonds. The van der Waals surface area contributed by atoms with Crippen molar-refractivity contribution in [1.29, 1.82) is 0 Å². The van der Waals surface area contributed by atoms with Crippen molar-refractivity contribution < 1.29 is 0 Å². The summed E-state index contributed by atoms with van der Waals surface area (Å²) in [4.78, 5) is 4.07. The highest BCUT2D eigenvalue weighted by Crippen LogP contribution is 2.38. The lowest BCUT2D eigenvalue weighted by atomic mass is 9.87. The first kappa shape index (κ1) is 10.7. The summed E-state index contributed by atoms with van der Waals surface area (Å²) in [5.41, 5.74) is 1.46. The standard InChI is InChI=1S/C12H17ClN2/c1-12(2)7-3-4-10(12)15-9-5-6-11(13)14-8-9/h5-6,8,10,15H,3-4,7H2,1-2H3. The number of hydrogen-bond acceptors (Lipinski definition) is 2. The van der Waals surface area contributed by atoms with Crippen LogP contribution >= 0.6 is 11.6 Å². The molecular weight excluding hydrogens is 208 g/mol. The van der Waals surface area contributed by atoms with E-state index >= 15 is 0 Å². The minimum atomic E-state index is 0.389. The second-order valence-corrected chi connectivity index (χ2v) is 5.33. The molecule has 1 unspecified atom stereocenters. The molecule has 1 heterocycles. The first-order valence-electron chi connectivity index (χ1n) is 5.46. The summed E-state index contributed by atoms with van der Waals surface area (Å²) in [6.07, 6.45) is 5.66. The normalized spacial score (nSPS) is 24.1. The number of hydrogen-bond donors (Lipinski definition) is 1. The van der Waals surface area contributed by atoms with Gasteiger partial charge in [0, 0.05) is 6.04 Å². The molecule has 1 N–H and O–H groups in total. The fraction of sp³-hybridized carbons (Fsp3) is 0.583. The molecule has 3 heteroatoms. The summed E-state index contributed by atoms with van der Waals surface area (Å²) in [6.45, 7) is 4.64. The zero-order valence-corrected chi connectivity index (χ0v) is 10.0. The zero-order chi connectivity index (χ0) is 10.9. The largest absolute Gasteiger partial charge is 0.381 e. The summed E-state index contributed by atoms with van der Waals surface area (Å²) in [5, 5.41) is 4.08. The number of aromatic nitrogens is 1. The van der Waals surface area contributed by atoms with E-state index in [1.165, 1.54) is 19.3 Å². The van der Waals surface area contributed by atoms with Crippen LogP contribution in [0.25, 0.3) is 0 Å². The van der Waals surface area contributed by atoms with Gasteiger partial charge < -0.3 is 5.32 Å². The summed E-state index contributed by atoms with van der Waals surface area (Å²) in [7, 11) is 0. The van der Waals surface area contributed by atoms with Crippen molar-refractivity contribution in [3.05, 3.63) is 23.5 Å². The lowest BCUT2D eigenvalue weighted by Crippen LogP contribution is -2.30. The second-order valence-electron chi connectivity index (χ2n) is 4.95. The zero-order valence-electron chi connectivity index (χ0n) is 9.26. The highest BCUT2D eigenvalue weighted by molar-refractivity contribution is 6.29. The average Bonchev–Trinajstić information content (AvgIpc) is 2.50. The van der Waals surface area contributed by atoms with Gasteiger partial charge in [-0.3, -0.25) is 0 Å². The van der Waals surface area contributed by atoms with E-state index in [4.69, 9.17) is 11.6 Å². The van der Waals surface area contributed by atoms with Gasteiger partial charge >= 0.3 is 0 Å². The van der Waals surface area contributed by atoms with Crippen LogP contribution in [0.4, 0.5) is 5.69 Å². The van der Waals surface area contributed by atoms with E-state index in [-0.39, 0.29) is 0 Å². The Kier molecular flexibility index (Phi) is 2.87. The molecule has 1 aliphatic carbocycles. The summed E-state index contributed by atoms with van der Waals surface area (Å²) < 4.78 is 0. The van der Waals surface area contributed by atoms with Gasteiger partial charge in [0.1, 0.15) is 5.15 Å². The predicted octanol–water partition coefficient (Wildman–Crippen LogP) is 3.73. The van der Waals surface area contributed by atoms with Crippen LogP contribution in [0.2, 0.25) is 5.15 Å². The van der Waals surface area contributed by atoms with Gasteiger partial charge in [-0.2, -0.15) is 0 Å². The van der Waals surface area contributed by atoms with Gasteiger partial charge in [0.2, 0.25) is 0 Å². The van der Waals surface area contributed by atoms with Crippen LogP contribution in [-0.2, 0) is 0 Å². The Bertz CT molecular complexity index is 332. The van der Waals surface area contributed by atoms with Crippen molar-refractivity contribution >= 4 is 17.3 Å². The summed E-state index contributed by atoms with van der Waals surface area (Å²) in [6, 6.07) is 4.37. The van der Waals surface area contributed by atoms with Crippen molar-refractivity contribution in [1.82, 2.24) is 4.98 Å². The number of nitrogens with zero attached hydrogens (tertiary/aromatic N) is 1. The molecule has 15 heavy (non-hydrogen) atoms. The van der Waals surface area contributed by atoms with E-state index in [1.807, 2.05) is 12.1 Å². The molecular formula is C12H17ClN2. The molecule has 2 nitrogen and oxygen atoms in total. The lowest BCUT2D eigenvalue weighted by Gasteiger charge is -2.28. The van der Waals surface area contributed by atoms with Crippen LogP contribution in [0.5, 0.6) is 0 Å². The molecule has 1 atom stereocenters. The van der Waals surface area contributed by atoms with Crippen molar-refractivity contribution in [2.24, 2.45) is 5.41 Å². The third kappa shape index (κ3) is 2.43. The maximum absolute atomic E-state index is 5.75. The average molecular weight is 225 g/mol. The topological polar surface area (TPSA) is 24.9 Å². The molecule has 1 saturated carbocycles. The van der Waals surface area contributed by atoms with Gasteiger partial charge in [0.25, 0.3) is 0 Å². The molecule has 82 valence electrons. The summed E-state index contributed by atoms with van der Waals surface area (Å²) in [5.74, 6) is 0. The number of pyridine rings is 1. The quantitative estimate of drug-likeness (QED) is 0.775. The van der Waals surface area contributed by atoms with E-state index in [9.17, 15) is 0 Å². The number of nitrogens with one attached hydrogen (secondary N) is 1. The van der Waals surface area contributed by atoms with E-state index in [1.54, 1.807) is 6.20 Å². The van der Waals surface area contributed by atoms with Crippen molar-refractivity contribution in [3.63, 3.8) is 0 Å². The van der Waals surface area contributed by atoms with Gasteiger partial charge in [0.05, 0.1) is 11.9 Å². The molecule has 1 aromatic rings. The molecule has 2 rings (SSSR count). The molecule has 1 fully saturated rings. The predicted molar refractivity (Wildman–Crippen MR) is 64.3 cm³/mol. The van der Waals surface area contributed by atoms with E-state index in [0.29, 0.717) is 16.6 Å². The lowest BCUT2D eigenvalue weighted by molar-refractivity contribution is 0.350. The Morgan fingerprint density at radius 2 is 2.27 bits per heavy atom. The monoisotopic (exact) mass is 224 g/mol. The Morgan fingerprint density at radius 3 is 2.80 bits per heavy atom. The molecule has 0 radical (unpaired) electrons. The van der Waals surface area contributed by atoms with Crippen molar-refractivity contribution in [2.45, 2.75) is 39.2 Å². The van der Waals surface area contributed by atoms with Crippen LogP contribution in [0, 0.1) is 5.41 Å². The van der Waals surface area contributed by atoms with Gasteiger partial charge in [-0.25, -0.2) is 4.98 Å². The number of anilines is 1. The number of rotatable bonds is 2. The highest BCUT2D eigenvalue weighted by Gasteiger charge is 2.34. The highest BCUT2D eigenvalue weighted by atomic mass is 35.5. The van der Waals surface area contributed by atoms with Crippen molar-refractivity contribution in [3.8, 4) is 0 Å². The molecule has 0 aromatic carbocycles. The first-order chi connectivity index (χ1) is 7.08. The first-order valence-corrected chi connectivity index (χ1v) is 5.84. The molecule has 0 saturated heterocycles. The smallest absolute Gasteiger partial charge is 0.129 e. The fourth-order valence-electron chi connectivity index (χ4n) is 2.26. The maximum Gasteiger partial charge on any atom is 0.129 e. The maximum atomic E-state index is 5.75. The SMILES string of the molecule is CC1(C)CCCC1Nc1ccc(Cl)nc1. The van der Waals surface area contributed by atoms with Crippen LogP contribution in [0.3, 0.4) is 0 Å². The minimum absolute atomic E-state index is 0.389. The van der Waals surface area contributed by atoms with Crippen LogP contribution < -0.4 is 5.32 Å². The number of halogens is 1. The van der Waals surface area contributed by atoms with E-state index < -0.39 is 0 Å². The van der Waals surface area contributed by atoms with Crippen LogP contribution in [0.1, 0.15) is 33.1 Å². The Labute approximate surface area is 96.1 Å². The van der Waals surface area contributed by atoms with Crippen LogP contribution in [0.15, 0.2) is 18.3 Å². The molecule has 0 spiro atoms. The Balaban J connectivity index is 2.06. The van der Waals surface area contributed by atoms with Crippen LogP contribution in [-0.4, -0.2) is 11.0 Å². The van der Waals surface area contributed by atoms with Gasteiger partial charge in [-0.05, 0) is 30.4 Å². The Morgan fingerprint density at radius 1 is 1.47 bits per heavy atom.